The number of imidazole rings is 1. The van der Waals surface area contributed by atoms with Crippen LogP contribution in [0.4, 0.5) is 5.69 Å². The van der Waals surface area contributed by atoms with Crippen LogP contribution in [0.2, 0.25) is 0 Å². The minimum Gasteiger partial charge on any atom is -0.398 e. The van der Waals surface area contributed by atoms with Gasteiger partial charge in [0, 0.05) is 31.0 Å². The summed E-state index contributed by atoms with van der Waals surface area (Å²) in [5, 5.41) is 0. The van der Waals surface area contributed by atoms with Gasteiger partial charge in [0.25, 0.3) is 11.8 Å². The molecule has 0 fully saturated rings. The predicted octanol–water partition coefficient (Wildman–Crippen LogP) is 1.22. The molecule has 0 radical (unpaired) electrons. The highest BCUT2D eigenvalue weighted by atomic mass is 16.2. The Labute approximate surface area is 115 Å². The fourth-order valence-corrected chi connectivity index (χ4v) is 2.40. The summed E-state index contributed by atoms with van der Waals surface area (Å²) in [5.41, 5.74) is 6.86. The van der Waals surface area contributed by atoms with Gasteiger partial charge in [0.2, 0.25) is 0 Å². The van der Waals surface area contributed by atoms with Crippen LogP contribution < -0.4 is 5.73 Å². The molecule has 1 aliphatic heterocycles. The number of benzene rings is 1. The molecule has 0 aliphatic carbocycles. The summed E-state index contributed by atoms with van der Waals surface area (Å²) in [7, 11) is 0. The SMILES string of the molecule is Nc1cccc2c1C(=O)N(CCCc1ncc[nH]1)C2=O. The zero-order valence-electron chi connectivity index (χ0n) is 10.8. The summed E-state index contributed by atoms with van der Waals surface area (Å²) in [6, 6.07) is 4.96. The lowest BCUT2D eigenvalue weighted by Gasteiger charge is -2.12. The minimum atomic E-state index is -0.303. The molecule has 6 heteroatoms. The molecule has 0 bridgehead atoms. The second-order valence-corrected chi connectivity index (χ2v) is 4.67. The number of nitrogens with zero attached hydrogens (tertiary/aromatic N) is 2. The van der Waals surface area contributed by atoms with E-state index in [0.717, 1.165) is 5.82 Å². The van der Waals surface area contributed by atoms with Gasteiger partial charge in [0.1, 0.15) is 5.82 Å². The average molecular weight is 270 g/mol. The normalized spacial score (nSPS) is 13.9. The Balaban J connectivity index is 1.72. The molecule has 2 amide bonds. The summed E-state index contributed by atoms with van der Waals surface area (Å²) in [6.45, 7) is 0.368. The van der Waals surface area contributed by atoms with Gasteiger partial charge in [-0.3, -0.25) is 14.5 Å². The van der Waals surface area contributed by atoms with E-state index in [-0.39, 0.29) is 11.8 Å². The number of aromatic amines is 1. The van der Waals surface area contributed by atoms with Crippen LogP contribution in [0.25, 0.3) is 0 Å². The number of rotatable bonds is 4. The number of hydrogen-bond acceptors (Lipinski definition) is 4. The fraction of sp³-hybridized carbons (Fsp3) is 0.214. The van der Waals surface area contributed by atoms with Gasteiger partial charge in [-0.25, -0.2) is 4.98 Å². The Morgan fingerprint density at radius 3 is 2.80 bits per heavy atom. The van der Waals surface area contributed by atoms with Crippen molar-refractivity contribution in [1.29, 1.82) is 0 Å². The molecule has 0 saturated carbocycles. The van der Waals surface area contributed by atoms with Gasteiger partial charge >= 0.3 is 0 Å². The minimum absolute atomic E-state index is 0.267. The number of nitrogens with two attached hydrogens (primary N) is 1. The van der Waals surface area contributed by atoms with E-state index in [2.05, 4.69) is 9.97 Å². The molecule has 6 nitrogen and oxygen atoms in total. The van der Waals surface area contributed by atoms with Crippen LogP contribution in [-0.4, -0.2) is 33.2 Å². The Morgan fingerprint density at radius 1 is 1.25 bits per heavy atom. The lowest BCUT2D eigenvalue weighted by Crippen LogP contribution is -2.31. The number of carbonyl (C=O) groups is 2. The first-order valence-corrected chi connectivity index (χ1v) is 6.41. The van der Waals surface area contributed by atoms with E-state index in [9.17, 15) is 9.59 Å². The molecule has 102 valence electrons. The van der Waals surface area contributed by atoms with Crippen LogP contribution in [0.1, 0.15) is 33.0 Å². The Morgan fingerprint density at radius 2 is 2.10 bits per heavy atom. The molecule has 0 unspecified atom stereocenters. The second-order valence-electron chi connectivity index (χ2n) is 4.67. The van der Waals surface area contributed by atoms with Crippen LogP contribution in [0, 0.1) is 0 Å². The van der Waals surface area contributed by atoms with E-state index in [4.69, 9.17) is 5.73 Å². The number of nitrogen functional groups attached to an aromatic ring is 1. The second kappa shape index (κ2) is 4.80. The van der Waals surface area contributed by atoms with Crippen LogP contribution in [0.15, 0.2) is 30.6 Å². The number of nitrogens with one attached hydrogen (secondary N) is 1. The summed E-state index contributed by atoms with van der Waals surface area (Å²) >= 11 is 0. The van der Waals surface area contributed by atoms with E-state index in [0.29, 0.717) is 36.2 Å². The highest BCUT2D eigenvalue weighted by Gasteiger charge is 2.36. The number of anilines is 1. The van der Waals surface area contributed by atoms with Crippen LogP contribution >= 0.6 is 0 Å². The van der Waals surface area contributed by atoms with Crippen molar-refractivity contribution in [3.63, 3.8) is 0 Å². The summed E-state index contributed by atoms with van der Waals surface area (Å²) < 4.78 is 0. The highest BCUT2D eigenvalue weighted by molar-refractivity contribution is 6.23. The van der Waals surface area contributed by atoms with E-state index in [1.54, 1.807) is 30.6 Å². The molecule has 1 aliphatic rings. The molecule has 0 atom stereocenters. The standard InChI is InChI=1S/C14H14N4O2/c15-10-4-1-3-9-12(10)14(20)18(13(9)19)8-2-5-11-16-6-7-17-11/h1,3-4,6-7H,2,5,8,15H2,(H,16,17). The smallest absolute Gasteiger partial charge is 0.263 e. The summed E-state index contributed by atoms with van der Waals surface area (Å²) in [4.78, 5) is 32.8. The third-order valence-corrected chi connectivity index (χ3v) is 3.38. The van der Waals surface area contributed by atoms with Crippen molar-refractivity contribution >= 4 is 17.5 Å². The molecule has 2 heterocycles. The van der Waals surface area contributed by atoms with Crippen LogP contribution in [0.5, 0.6) is 0 Å². The van der Waals surface area contributed by atoms with Crippen molar-refractivity contribution in [2.24, 2.45) is 0 Å². The monoisotopic (exact) mass is 270 g/mol. The van der Waals surface area contributed by atoms with Crippen molar-refractivity contribution in [3.05, 3.63) is 47.5 Å². The molecule has 3 N–H and O–H groups in total. The van der Waals surface area contributed by atoms with Gasteiger partial charge in [0.05, 0.1) is 11.1 Å². The predicted molar refractivity (Wildman–Crippen MR) is 73.1 cm³/mol. The van der Waals surface area contributed by atoms with Gasteiger partial charge in [0.15, 0.2) is 0 Å². The van der Waals surface area contributed by atoms with E-state index in [1.165, 1.54) is 4.90 Å². The van der Waals surface area contributed by atoms with Crippen molar-refractivity contribution < 1.29 is 9.59 Å². The number of aryl methyl sites for hydroxylation is 1. The van der Waals surface area contributed by atoms with Gasteiger partial charge in [-0.15, -0.1) is 0 Å². The van der Waals surface area contributed by atoms with Crippen molar-refractivity contribution in [2.45, 2.75) is 12.8 Å². The zero-order valence-corrected chi connectivity index (χ0v) is 10.8. The third kappa shape index (κ3) is 1.95. The highest BCUT2D eigenvalue weighted by Crippen LogP contribution is 2.27. The van der Waals surface area contributed by atoms with Crippen molar-refractivity contribution in [2.75, 3.05) is 12.3 Å². The lowest BCUT2D eigenvalue weighted by molar-refractivity contribution is 0.0653. The number of aromatic nitrogens is 2. The number of fused-ring (bicyclic) bond motifs is 1. The molecule has 2 aromatic rings. The molecule has 0 saturated heterocycles. The quantitative estimate of drug-likeness (QED) is 0.645. The molecular formula is C14H14N4O2. The molecular weight excluding hydrogens is 256 g/mol. The first-order valence-electron chi connectivity index (χ1n) is 6.41. The van der Waals surface area contributed by atoms with Crippen molar-refractivity contribution in [1.82, 2.24) is 14.9 Å². The molecule has 0 spiro atoms. The number of carbonyl (C=O) groups excluding carboxylic acids is 2. The maximum atomic E-state index is 12.2. The van der Waals surface area contributed by atoms with Gasteiger partial charge < -0.3 is 10.7 Å². The number of H-pyrrole nitrogens is 1. The first kappa shape index (κ1) is 12.4. The summed E-state index contributed by atoms with van der Waals surface area (Å²) in [6.07, 6.45) is 4.78. The van der Waals surface area contributed by atoms with Crippen LogP contribution in [0.3, 0.4) is 0 Å². The largest absolute Gasteiger partial charge is 0.398 e. The maximum absolute atomic E-state index is 12.2. The van der Waals surface area contributed by atoms with E-state index < -0.39 is 0 Å². The molecule has 3 rings (SSSR count). The Bertz CT molecular complexity index is 664. The van der Waals surface area contributed by atoms with Gasteiger partial charge in [-0.1, -0.05) is 6.07 Å². The van der Waals surface area contributed by atoms with E-state index >= 15 is 0 Å². The molecule has 1 aromatic heterocycles. The van der Waals surface area contributed by atoms with Crippen molar-refractivity contribution in [3.8, 4) is 0 Å². The topological polar surface area (TPSA) is 92.1 Å². The number of amides is 2. The maximum Gasteiger partial charge on any atom is 0.263 e. The summed E-state index contributed by atoms with van der Waals surface area (Å²) in [5.74, 6) is 0.278. The average Bonchev–Trinajstić information content (AvgIpc) is 3.02. The first-order chi connectivity index (χ1) is 9.68. The molecule has 1 aromatic carbocycles. The van der Waals surface area contributed by atoms with Gasteiger partial charge in [-0.05, 0) is 18.6 Å². The lowest BCUT2D eigenvalue weighted by atomic mass is 10.1. The third-order valence-electron chi connectivity index (χ3n) is 3.38. The number of imide groups is 1. The number of hydrogen-bond donors (Lipinski definition) is 2. The van der Waals surface area contributed by atoms with E-state index in [1.807, 2.05) is 0 Å². The van der Waals surface area contributed by atoms with Crippen LogP contribution in [-0.2, 0) is 6.42 Å². The molecule has 20 heavy (non-hydrogen) atoms. The van der Waals surface area contributed by atoms with Gasteiger partial charge in [-0.2, -0.15) is 0 Å². The zero-order chi connectivity index (χ0) is 14.1. The fourth-order valence-electron chi connectivity index (χ4n) is 2.40. The Kier molecular flexibility index (Phi) is 2.98. The Hall–Kier alpha value is -2.63.